The van der Waals surface area contributed by atoms with E-state index in [-0.39, 0.29) is 0 Å². The molecule has 0 radical (unpaired) electrons. The predicted octanol–water partition coefficient (Wildman–Crippen LogP) is 7.12. The van der Waals surface area contributed by atoms with Gasteiger partial charge in [0.15, 0.2) is 0 Å². The summed E-state index contributed by atoms with van der Waals surface area (Å²) >= 11 is 0. The van der Waals surface area contributed by atoms with Crippen LogP contribution in [0, 0.1) is 17.8 Å². The van der Waals surface area contributed by atoms with E-state index in [9.17, 15) is 0 Å². The van der Waals surface area contributed by atoms with Crippen LogP contribution in [0.25, 0.3) is 0 Å². The summed E-state index contributed by atoms with van der Waals surface area (Å²) in [7, 11) is 1.79. The third kappa shape index (κ3) is 2.79. The first-order valence-corrected chi connectivity index (χ1v) is 12.2. The van der Waals surface area contributed by atoms with Gasteiger partial charge in [0, 0.05) is 0 Å². The van der Waals surface area contributed by atoms with Crippen molar-refractivity contribution in [2.75, 3.05) is 0 Å². The van der Waals surface area contributed by atoms with Crippen molar-refractivity contribution in [2.45, 2.75) is 98.2 Å². The molecule has 0 aliphatic heterocycles. The highest BCUT2D eigenvalue weighted by Gasteiger charge is 2.63. The Labute approximate surface area is 133 Å². The first kappa shape index (κ1) is 20.6. The zero-order chi connectivity index (χ0) is 16.7. The summed E-state index contributed by atoms with van der Waals surface area (Å²) in [6, 6.07) is 0. The van der Waals surface area contributed by atoms with E-state index in [2.05, 4.69) is 91.9 Å². The summed E-state index contributed by atoms with van der Waals surface area (Å²) in [5.41, 5.74) is 0. The molecule has 2 heteroatoms. The molecule has 0 aromatic carbocycles. The first-order valence-electron chi connectivity index (χ1n) is 8.37. The van der Waals surface area contributed by atoms with Crippen LogP contribution in [0.2, 0.25) is 15.1 Å². The molecular weight excluding hydrogens is 275 g/mol. The van der Waals surface area contributed by atoms with E-state index < -0.39 is 7.74 Å². The monoisotopic (exact) mass is 316 g/mol. The molecule has 0 aromatic heterocycles. The minimum absolute atomic E-state index is 0.388. The molecule has 1 atom stereocenters. The minimum atomic E-state index is -1.70. The molecular formula is C18H41PSi. The van der Waals surface area contributed by atoms with Crippen LogP contribution < -0.4 is 0 Å². The minimum Gasteiger partial charge on any atom is -0.147 e. The van der Waals surface area contributed by atoms with Crippen molar-refractivity contribution in [3.8, 4) is 0 Å². The maximum atomic E-state index is 3.50. The van der Waals surface area contributed by atoms with Gasteiger partial charge in [0.05, 0.1) is 7.74 Å². The van der Waals surface area contributed by atoms with Crippen molar-refractivity contribution < 1.29 is 0 Å². The second kappa shape index (κ2) is 6.03. The highest BCUT2D eigenvalue weighted by Crippen LogP contribution is 2.71. The van der Waals surface area contributed by atoms with Gasteiger partial charge in [-0.25, -0.2) is 0 Å². The summed E-state index contributed by atoms with van der Waals surface area (Å²) in [4.78, 5) is 0. The molecule has 0 aliphatic rings. The molecule has 0 aliphatic carbocycles. The topological polar surface area (TPSA) is 0 Å². The van der Waals surface area contributed by atoms with Crippen LogP contribution >= 0.6 is 8.79 Å². The smallest absolute Gasteiger partial charge is 0.0922 e. The van der Waals surface area contributed by atoms with Crippen LogP contribution in [0.5, 0.6) is 0 Å². The van der Waals surface area contributed by atoms with Gasteiger partial charge in [-0.15, -0.1) is 8.79 Å². The largest absolute Gasteiger partial charge is 0.147 e. The highest BCUT2D eigenvalue weighted by molar-refractivity contribution is 7.71. The van der Waals surface area contributed by atoms with Crippen molar-refractivity contribution in [1.82, 2.24) is 0 Å². The molecule has 0 nitrogen and oxygen atoms in total. The fourth-order valence-corrected chi connectivity index (χ4v) is 14.6. The van der Waals surface area contributed by atoms with E-state index in [1.54, 1.807) is 0 Å². The lowest BCUT2D eigenvalue weighted by Crippen LogP contribution is -2.60. The number of hydrogen-bond donors (Lipinski definition) is 0. The Morgan fingerprint density at radius 2 is 0.700 bits per heavy atom. The Kier molecular flexibility index (Phi) is 6.23. The van der Waals surface area contributed by atoms with Gasteiger partial charge in [0.2, 0.25) is 0 Å². The van der Waals surface area contributed by atoms with Gasteiger partial charge in [0.25, 0.3) is 0 Å². The van der Waals surface area contributed by atoms with Crippen LogP contribution in [0.4, 0.5) is 0 Å². The van der Waals surface area contributed by atoms with Gasteiger partial charge in [0.1, 0.15) is 0 Å². The van der Waals surface area contributed by atoms with Crippen LogP contribution in [0.3, 0.4) is 0 Å². The van der Waals surface area contributed by atoms with Crippen molar-refractivity contribution in [3.63, 3.8) is 0 Å². The summed E-state index contributed by atoms with van der Waals surface area (Å²) < 4.78 is 0. The third-order valence-corrected chi connectivity index (χ3v) is 21.9. The third-order valence-electron chi connectivity index (χ3n) is 7.38. The quantitative estimate of drug-likeness (QED) is 0.361. The van der Waals surface area contributed by atoms with Crippen molar-refractivity contribution in [3.05, 3.63) is 0 Å². The molecule has 0 saturated carbocycles. The van der Waals surface area contributed by atoms with Gasteiger partial charge in [-0.2, -0.15) is 0 Å². The molecule has 0 N–H and O–H groups in total. The maximum absolute atomic E-state index is 3.50. The molecule has 0 fully saturated rings. The predicted molar refractivity (Wildman–Crippen MR) is 102 cm³/mol. The summed E-state index contributed by atoms with van der Waals surface area (Å²) in [5.74, 6) is 2.13. The Balaban J connectivity index is 6.38. The molecule has 0 spiro atoms. The van der Waals surface area contributed by atoms with Gasteiger partial charge in [-0.05, 0) is 32.9 Å². The average molecular weight is 317 g/mol. The zero-order valence-electron chi connectivity index (χ0n) is 16.3. The summed E-state index contributed by atoms with van der Waals surface area (Å²) in [6.45, 7) is 29.7. The second-order valence-corrected chi connectivity index (χ2v) is 17.5. The molecule has 122 valence electrons. The molecule has 0 heterocycles. The van der Waals surface area contributed by atoms with E-state index in [1.807, 2.05) is 0 Å². The van der Waals surface area contributed by atoms with Crippen LogP contribution in [-0.2, 0) is 0 Å². The van der Waals surface area contributed by atoms with Crippen molar-refractivity contribution >= 4 is 16.5 Å². The fourth-order valence-electron chi connectivity index (χ4n) is 3.86. The lowest BCUT2D eigenvalue weighted by molar-refractivity contribution is 0.342. The summed E-state index contributed by atoms with van der Waals surface area (Å²) in [5, 5.41) is 1.16. The van der Waals surface area contributed by atoms with E-state index in [0.717, 1.165) is 0 Å². The Bertz CT molecular complexity index is 274. The highest BCUT2D eigenvalue weighted by atomic mass is 31.3. The van der Waals surface area contributed by atoms with E-state index >= 15 is 0 Å². The molecule has 0 saturated heterocycles. The van der Waals surface area contributed by atoms with Gasteiger partial charge < -0.3 is 0 Å². The Morgan fingerprint density at radius 1 is 0.550 bits per heavy atom. The Morgan fingerprint density at radius 3 is 0.800 bits per heavy atom. The SMILES string of the molecule is CC(C)C(C)(C)[Si](P)(C(C)(C)C(C)C)C(C)(C)C(C)C. The lowest BCUT2D eigenvalue weighted by Gasteiger charge is -2.64. The molecule has 0 aromatic rings. The number of rotatable bonds is 6. The van der Waals surface area contributed by atoms with E-state index in [1.165, 1.54) is 0 Å². The first-order chi connectivity index (χ1) is 8.58. The molecule has 20 heavy (non-hydrogen) atoms. The number of hydrogen-bond acceptors (Lipinski definition) is 0. The maximum Gasteiger partial charge on any atom is 0.0922 e. The standard InChI is InChI=1S/C18H41PSi/c1-13(2)16(7,8)20(19,17(9,10)14(3)4)18(11,12)15(5)6/h13-15H,19H2,1-12H3. The molecule has 0 amide bonds. The Hall–Kier alpha value is 0.647. The zero-order valence-corrected chi connectivity index (χ0v) is 18.5. The average Bonchev–Trinajstić information content (AvgIpc) is 2.26. The van der Waals surface area contributed by atoms with Crippen molar-refractivity contribution in [2.24, 2.45) is 17.8 Å². The second-order valence-electron chi connectivity index (χ2n) is 9.44. The van der Waals surface area contributed by atoms with Crippen LogP contribution in [0.1, 0.15) is 83.1 Å². The normalized spacial score (nSPS) is 15.6. The van der Waals surface area contributed by atoms with Gasteiger partial charge in [-0.3, -0.25) is 0 Å². The van der Waals surface area contributed by atoms with Crippen molar-refractivity contribution in [1.29, 1.82) is 0 Å². The molecule has 1 unspecified atom stereocenters. The molecule has 0 rings (SSSR count). The summed E-state index contributed by atoms with van der Waals surface area (Å²) in [6.07, 6.45) is 0. The molecule has 0 bridgehead atoms. The lowest BCUT2D eigenvalue weighted by atomic mass is 9.95. The van der Waals surface area contributed by atoms with Crippen LogP contribution in [0.15, 0.2) is 0 Å². The fraction of sp³-hybridized carbons (Fsp3) is 1.00. The van der Waals surface area contributed by atoms with E-state index in [0.29, 0.717) is 32.9 Å². The van der Waals surface area contributed by atoms with Gasteiger partial charge >= 0.3 is 0 Å². The van der Waals surface area contributed by atoms with Crippen LogP contribution in [-0.4, -0.2) is 7.74 Å². The van der Waals surface area contributed by atoms with Gasteiger partial charge in [-0.1, -0.05) is 83.1 Å². The van der Waals surface area contributed by atoms with E-state index in [4.69, 9.17) is 0 Å².